The highest BCUT2D eigenvalue weighted by Crippen LogP contribution is 2.41. The number of pyridine rings is 1. The molecule has 2 aromatic rings. The fraction of sp³-hybridized carbons (Fsp3) is 0.417. The van der Waals surface area contributed by atoms with Crippen LogP contribution in [0.3, 0.4) is 0 Å². The van der Waals surface area contributed by atoms with Crippen molar-refractivity contribution in [2.45, 2.75) is 26.2 Å². The predicted octanol–water partition coefficient (Wildman–Crippen LogP) is 2.62. The molecule has 0 radical (unpaired) electrons. The normalized spacial score (nSPS) is 17.4. The summed E-state index contributed by atoms with van der Waals surface area (Å²) >= 11 is 3.39. The molecular weight excluding hydrogens is 296 g/mol. The Hall–Kier alpha value is -1.43. The maximum atomic E-state index is 12.1. The van der Waals surface area contributed by atoms with E-state index in [0.29, 0.717) is 11.6 Å². The van der Waals surface area contributed by atoms with Gasteiger partial charge in [-0.05, 0) is 40.9 Å². The van der Waals surface area contributed by atoms with E-state index in [9.17, 15) is 4.79 Å². The molecule has 0 aliphatic heterocycles. The molecule has 94 valence electrons. The standard InChI is InChI=1S/C12H13BrN4O/c1-12(5-2-6-12)10(18)14-11-16-15-9-4-3-8(13)7-17(9)11/h3-4,7H,2,5-6H2,1H3,(H,14,16,18). The Morgan fingerprint density at radius 2 is 2.22 bits per heavy atom. The van der Waals surface area contributed by atoms with Gasteiger partial charge in [0.05, 0.1) is 0 Å². The van der Waals surface area contributed by atoms with Gasteiger partial charge in [0.25, 0.3) is 0 Å². The molecule has 0 bridgehead atoms. The lowest BCUT2D eigenvalue weighted by Gasteiger charge is -2.36. The van der Waals surface area contributed by atoms with Crippen LogP contribution in [0.1, 0.15) is 26.2 Å². The summed E-state index contributed by atoms with van der Waals surface area (Å²) in [4.78, 5) is 12.1. The van der Waals surface area contributed by atoms with Crippen LogP contribution in [0.15, 0.2) is 22.8 Å². The highest BCUT2D eigenvalue weighted by Gasteiger charge is 2.39. The fourth-order valence-corrected chi connectivity index (χ4v) is 2.47. The molecule has 5 nitrogen and oxygen atoms in total. The van der Waals surface area contributed by atoms with Crippen LogP contribution in [0.4, 0.5) is 5.95 Å². The number of carbonyl (C=O) groups is 1. The maximum Gasteiger partial charge on any atom is 0.235 e. The van der Waals surface area contributed by atoms with E-state index >= 15 is 0 Å². The third kappa shape index (κ3) is 1.80. The first kappa shape index (κ1) is 11.6. The molecule has 18 heavy (non-hydrogen) atoms. The number of aromatic nitrogens is 3. The summed E-state index contributed by atoms with van der Waals surface area (Å²) in [6, 6.07) is 3.74. The minimum Gasteiger partial charge on any atom is -0.294 e. The third-order valence-corrected chi connectivity index (χ3v) is 4.07. The number of anilines is 1. The van der Waals surface area contributed by atoms with Crippen LogP contribution in [0, 0.1) is 5.41 Å². The van der Waals surface area contributed by atoms with E-state index in [1.807, 2.05) is 25.3 Å². The van der Waals surface area contributed by atoms with Gasteiger partial charge in [0, 0.05) is 16.1 Å². The van der Waals surface area contributed by atoms with Crippen molar-refractivity contribution < 1.29 is 4.79 Å². The van der Waals surface area contributed by atoms with Gasteiger partial charge < -0.3 is 0 Å². The summed E-state index contributed by atoms with van der Waals surface area (Å²) in [7, 11) is 0. The monoisotopic (exact) mass is 308 g/mol. The topological polar surface area (TPSA) is 59.3 Å². The van der Waals surface area contributed by atoms with Crippen molar-refractivity contribution in [2.24, 2.45) is 5.41 Å². The molecule has 1 saturated carbocycles. The molecule has 6 heteroatoms. The quantitative estimate of drug-likeness (QED) is 0.927. The highest BCUT2D eigenvalue weighted by atomic mass is 79.9. The van der Waals surface area contributed by atoms with Crippen LogP contribution >= 0.6 is 15.9 Å². The minimum absolute atomic E-state index is 0.0306. The summed E-state index contributed by atoms with van der Waals surface area (Å²) in [6.45, 7) is 1.99. The van der Waals surface area contributed by atoms with Crippen LogP contribution < -0.4 is 5.32 Å². The molecule has 1 N–H and O–H groups in total. The van der Waals surface area contributed by atoms with Gasteiger partial charge in [-0.25, -0.2) is 0 Å². The summed E-state index contributed by atoms with van der Waals surface area (Å²) in [6.07, 6.45) is 4.85. The summed E-state index contributed by atoms with van der Waals surface area (Å²) in [5.74, 6) is 0.507. The molecule has 0 spiro atoms. The summed E-state index contributed by atoms with van der Waals surface area (Å²) in [5, 5.41) is 10.9. The van der Waals surface area contributed by atoms with Gasteiger partial charge in [-0.2, -0.15) is 0 Å². The number of rotatable bonds is 2. The Kier molecular flexibility index (Phi) is 2.62. The fourth-order valence-electron chi connectivity index (χ4n) is 2.14. The van der Waals surface area contributed by atoms with Crippen molar-refractivity contribution in [3.05, 3.63) is 22.8 Å². The van der Waals surface area contributed by atoms with E-state index in [1.165, 1.54) is 0 Å². The number of carbonyl (C=O) groups excluding carboxylic acids is 1. The Morgan fingerprint density at radius 3 is 2.89 bits per heavy atom. The van der Waals surface area contributed by atoms with E-state index in [1.54, 1.807) is 4.40 Å². The Balaban J connectivity index is 1.90. The number of hydrogen-bond acceptors (Lipinski definition) is 3. The van der Waals surface area contributed by atoms with Gasteiger partial charge in [-0.15, -0.1) is 10.2 Å². The number of halogens is 1. The molecule has 2 aromatic heterocycles. The molecule has 0 saturated heterocycles. The molecule has 2 heterocycles. The minimum atomic E-state index is -0.238. The first-order chi connectivity index (χ1) is 8.58. The average molecular weight is 309 g/mol. The van der Waals surface area contributed by atoms with Crippen LogP contribution in [-0.4, -0.2) is 20.5 Å². The average Bonchev–Trinajstić information content (AvgIpc) is 2.69. The number of fused-ring (bicyclic) bond motifs is 1. The lowest BCUT2D eigenvalue weighted by molar-refractivity contribution is -0.128. The van der Waals surface area contributed by atoms with Crippen molar-refractivity contribution in [3.63, 3.8) is 0 Å². The van der Waals surface area contributed by atoms with Gasteiger partial charge in [-0.3, -0.25) is 14.5 Å². The van der Waals surface area contributed by atoms with Crippen LogP contribution in [0.2, 0.25) is 0 Å². The Bertz CT molecular complexity index is 618. The van der Waals surface area contributed by atoms with Gasteiger partial charge in [0.2, 0.25) is 11.9 Å². The molecule has 1 aliphatic carbocycles. The zero-order valence-corrected chi connectivity index (χ0v) is 11.6. The zero-order chi connectivity index (χ0) is 12.8. The van der Waals surface area contributed by atoms with Crippen LogP contribution in [0.25, 0.3) is 5.65 Å². The van der Waals surface area contributed by atoms with Gasteiger partial charge >= 0.3 is 0 Å². The lowest BCUT2D eigenvalue weighted by Crippen LogP contribution is -2.39. The van der Waals surface area contributed by atoms with Crippen LogP contribution in [0.5, 0.6) is 0 Å². The van der Waals surface area contributed by atoms with Crippen molar-refractivity contribution in [2.75, 3.05) is 5.32 Å². The molecule has 0 unspecified atom stereocenters. The van der Waals surface area contributed by atoms with Gasteiger partial charge in [-0.1, -0.05) is 13.3 Å². The van der Waals surface area contributed by atoms with E-state index in [-0.39, 0.29) is 11.3 Å². The summed E-state index contributed by atoms with van der Waals surface area (Å²) < 4.78 is 2.68. The second kappa shape index (κ2) is 4.05. The van der Waals surface area contributed by atoms with Crippen molar-refractivity contribution in [1.29, 1.82) is 0 Å². The lowest BCUT2D eigenvalue weighted by atomic mass is 9.70. The summed E-state index contributed by atoms with van der Waals surface area (Å²) in [5.41, 5.74) is 0.477. The van der Waals surface area contributed by atoms with E-state index in [4.69, 9.17) is 0 Å². The first-order valence-corrected chi connectivity index (χ1v) is 6.70. The van der Waals surface area contributed by atoms with Crippen LogP contribution in [-0.2, 0) is 4.79 Å². The maximum absolute atomic E-state index is 12.1. The van der Waals surface area contributed by atoms with Crippen molar-refractivity contribution >= 4 is 33.4 Å². The first-order valence-electron chi connectivity index (χ1n) is 5.90. The van der Waals surface area contributed by atoms with E-state index in [0.717, 1.165) is 23.7 Å². The largest absolute Gasteiger partial charge is 0.294 e. The highest BCUT2D eigenvalue weighted by molar-refractivity contribution is 9.10. The molecule has 1 aliphatic rings. The van der Waals surface area contributed by atoms with E-state index in [2.05, 4.69) is 31.4 Å². The molecule has 0 aromatic carbocycles. The zero-order valence-electron chi connectivity index (χ0n) is 9.98. The van der Waals surface area contributed by atoms with Crippen molar-refractivity contribution in [3.8, 4) is 0 Å². The van der Waals surface area contributed by atoms with E-state index < -0.39 is 0 Å². The number of nitrogens with one attached hydrogen (secondary N) is 1. The van der Waals surface area contributed by atoms with Gasteiger partial charge in [0.1, 0.15) is 0 Å². The number of amides is 1. The van der Waals surface area contributed by atoms with Gasteiger partial charge in [0.15, 0.2) is 5.65 Å². The SMILES string of the molecule is CC1(C(=O)Nc2nnc3ccc(Br)cn23)CCC1. The number of nitrogens with zero attached hydrogens (tertiary/aromatic N) is 3. The smallest absolute Gasteiger partial charge is 0.235 e. The Morgan fingerprint density at radius 1 is 1.44 bits per heavy atom. The van der Waals surface area contributed by atoms with Crippen molar-refractivity contribution in [1.82, 2.24) is 14.6 Å². The Labute approximate surface area is 113 Å². The second-order valence-corrected chi connectivity index (χ2v) is 5.88. The molecule has 1 amide bonds. The predicted molar refractivity (Wildman–Crippen MR) is 71.3 cm³/mol. The molecular formula is C12H13BrN4O. The molecule has 0 atom stereocenters. The molecule has 3 rings (SSSR count). The second-order valence-electron chi connectivity index (χ2n) is 4.97. The third-order valence-electron chi connectivity index (χ3n) is 3.60. The number of hydrogen-bond donors (Lipinski definition) is 1. The molecule has 1 fully saturated rings.